The van der Waals surface area contributed by atoms with E-state index in [-0.39, 0.29) is 0 Å². The van der Waals surface area contributed by atoms with Gasteiger partial charge in [0.05, 0.1) is 0 Å². The quantitative estimate of drug-likeness (QED) is 0.260. The Balaban J connectivity index is 2.09. The van der Waals surface area contributed by atoms with E-state index in [2.05, 4.69) is 141 Å². The van der Waals surface area contributed by atoms with E-state index in [1.807, 2.05) is 0 Å². The van der Waals surface area contributed by atoms with Crippen LogP contribution in [0.4, 0.5) is 0 Å². The van der Waals surface area contributed by atoms with Crippen LogP contribution in [0.1, 0.15) is 5.56 Å². The first-order valence-electron chi connectivity index (χ1n) is 9.15. The molecule has 0 bridgehead atoms. The van der Waals surface area contributed by atoms with E-state index in [0.717, 1.165) is 5.21 Å². The van der Waals surface area contributed by atoms with Gasteiger partial charge in [-0.3, -0.25) is 0 Å². The van der Waals surface area contributed by atoms with Crippen molar-refractivity contribution in [2.45, 2.75) is 5.21 Å². The molecule has 0 fully saturated rings. The summed E-state index contributed by atoms with van der Waals surface area (Å²) in [6.45, 7) is 0. The van der Waals surface area contributed by atoms with Crippen LogP contribution in [0.15, 0.2) is 121 Å². The van der Waals surface area contributed by atoms with Gasteiger partial charge in [0.25, 0.3) is 0 Å². The van der Waals surface area contributed by atoms with E-state index in [4.69, 9.17) is 0 Å². The zero-order valence-electron chi connectivity index (χ0n) is 15.1. The summed E-state index contributed by atoms with van der Waals surface area (Å²) < 4.78 is 4.41. The topological polar surface area (TPSA) is 0 Å². The Hall–Kier alpha value is -1.83. The van der Waals surface area contributed by atoms with Gasteiger partial charge in [-0.25, -0.2) is 0 Å². The number of rotatable bonds is 5. The van der Waals surface area contributed by atoms with Crippen molar-refractivity contribution in [1.29, 1.82) is 0 Å². The normalized spacial score (nSPS) is 12.9. The van der Waals surface area contributed by atoms with Crippen molar-refractivity contribution in [3.63, 3.8) is 0 Å². The molecule has 0 radical (unpaired) electrons. The van der Waals surface area contributed by atoms with Crippen molar-refractivity contribution >= 4 is 42.3 Å². The summed E-state index contributed by atoms with van der Waals surface area (Å²) in [4.78, 5) is 0. The molecule has 0 saturated heterocycles. The summed E-state index contributed by atoms with van der Waals surface area (Å²) in [6, 6.07) is 44.4. The van der Waals surface area contributed by atoms with E-state index >= 15 is 0 Å². The molecule has 2 heteroatoms. The predicted molar refractivity (Wildman–Crippen MR) is 128 cm³/mol. The SMILES string of the molecule is I[As](Cc1ccccc1)(c1ccccc1)(c1ccccc1)c1ccccc1. The molecule has 0 unspecified atom stereocenters. The number of halogens is 1. The van der Waals surface area contributed by atoms with Crippen LogP contribution in [0.5, 0.6) is 0 Å². The monoisotopic (exact) mass is 524 g/mol. The fourth-order valence-electron chi connectivity index (χ4n) is 3.86. The Bertz CT molecular complexity index is 900. The molecule has 27 heavy (non-hydrogen) atoms. The summed E-state index contributed by atoms with van der Waals surface area (Å²) in [5, 5.41) is 1.05. The minimum absolute atomic E-state index is 1.05. The van der Waals surface area contributed by atoms with E-state index in [9.17, 15) is 0 Å². The van der Waals surface area contributed by atoms with Crippen molar-refractivity contribution in [3.8, 4) is 0 Å². The second kappa shape index (κ2) is 7.65. The van der Waals surface area contributed by atoms with E-state index in [0.29, 0.717) is 0 Å². The Morgan fingerprint density at radius 3 is 1.07 bits per heavy atom. The zero-order valence-corrected chi connectivity index (χ0v) is 19.1. The summed E-state index contributed by atoms with van der Waals surface area (Å²) >= 11 is 2.89. The van der Waals surface area contributed by atoms with E-state index in [1.54, 1.807) is 0 Å². The van der Waals surface area contributed by atoms with Crippen LogP contribution in [-0.4, -0.2) is 9.10 Å². The minimum atomic E-state index is -3.44. The molecular weight excluding hydrogens is 502 g/mol. The summed E-state index contributed by atoms with van der Waals surface area (Å²) in [5.74, 6) is 0. The molecule has 4 aromatic rings. The number of hydrogen-bond donors (Lipinski definition) is 0. The van der Waals surface area contributed by atoms with Gasteiger partial charge in [-0.2, -0.15) is 0 Å². The van der Waals surface area contributed by atoms with Crippen molar-refractivity contribution in [2.75, 3.05) is 0 Å². The van der Waals surface area contributed by atoms with Crippen molar-refractivity contribution in [2.24, 2.45) is 0 Å². The van der Waals surface area contributed by atoms with Crippen LogP contribution >= 0.6 is 20.1 Å². The zero-order chi connectivity index (χ0) is 18.6. The average molecular weight is 524 g/mol. The van der Waals surface area contributed by atoms with Crippen molar-refractivity contribution in [1.82, 2.24) is 0 Å². The second-order valence-electron chi connectivity index (χ2n) is 6.83. The third kappa shape index (κ3) is 3.28. The summed E-state index contributed by atoms with van der Waals surface area (Å²) in [7, 11) is -3.44. The van der Waals surface area contributed by atoms with Gasteiger partial charge < -0.3 is 0 Å². The fraction of sp³-hybridized carbons (Fsp3) is 0.0400. The molecule has 4 rings (SSSR count). The molecule has 0 aromatic heterocycles. The Kier molecular flexibility index (Phi) is 5.25. The third-order valence-electron chi connectivity index (χ3n) is 5.21. The molecule has 4 aromatic carbocycles. The number of benzene rings is 4. The van der Waals surface area contributed by atoms with Crippen LogP contribution in [0.25, 0.3) is 0 Å². The maximum atomic E-state index is 2.89. The van der Waals surface area contributed by atoms with Gasteiger partial charge in [-0.15, -0.1) is 0 Å². The van der Waals surface area contributed by atoms with Gasteiger partial charge in [0.15, 0.2) is 0 Å². The Morgan fingerprint density at radius 2 is 0.741 bits per heavy atom. The van der Waals surface area contributed by atoms with Gasteiger partial charge in [-0.05, 0) is 0 Å². The van der Waals surface area contributed by atoms with Gasteiger partial charge in [0, 0.05) is 0 Å². The molecule has 0 nitrogen and oxygen atoms in total. The van der Waals surface area contributed by atoms with Crippen LogP contribution in [0, 0.1) is 0 Å². The second-order valence-corrected chi connectivity index (χ2v) is 26.8. The molecule has 0 amide bonds. The van der Waals surface area contributed by atoms with Crippen LogP contribution < -0.4 is 13.1 Å². The Morgan fingerprint density at radius 1 is 0.444 bits per heavy atom. The average Bonchev–Trinajstić information content (AvgIpc) is 2.76. The predicted octanol–water partition coefficient (Wildman–Crippen LogP) is 4.82. The molecule has 0 saturated carbocycles. The van der Waals surface area contributed by atoms with Crippen LogP contribution in [0.3, 0.4) is 0 Å². The first-order valence-corrected chi connectivity index (χ1v) is 19.0. The van der Waals surface area contributed by atoms with Gasteiger partial charge in [-0.1, -0.05) is 0 Å². The van der Waals surface area contributed by atoms with Gasteiger partial charge in [0.2, 0.25) is 0 Å². The molecule has 0 aliphatic heterocycles. The molecular formula is C25H22AsI. The van der Waals surface area contributed by atoms with Crippen molar-refractivity contribution < 1.29 is 0 Å². The van der Waals surface area contributed by atoms with Crippen molar-refractivity contribution in [3.05, 3.63) is 127 Å². The third-order valence-corrected chi connectivity index (χ3v) is 26.3. The molecule has 134 valence electrons. The van der Waals surface area contributed by atoms with Crippen LogP contribution in [-0.2, 0) is 5.21 Å². The molecule has 0 atom stereocenters. The summed E-state index contributed by atoms with van der Waals surface area (Å²) in [5.41, 5.74) is 1.40. The molecule has 0 aliphatic rings. The molecule has 0 heterocycles. The first-order chi connectivity index (χ1) is 13.2. The van der Waals surface area contributed by atoms with Gasteiger partial charge >= 0.3 is 174 Å². The summed E-state index contributed by atoms with van der Waals surface area (Å²) in [6.07, 6.45) is 0. The van der Waals surface area contributed by atoms with Gasteiger partial charge in [0.1, 0.15) is 0 Å². The number of hydrogen-bond acceptors (Lipinski definition) is 0. The Labute approximate surface area is 173 Å². The standard InChI is InChI=1S/C25H22AsI/c27-26(23-15-7-2-8-16-23,24-17-9-3-10-18-24,25-19-11-4-12-20-25)21-22-13-5-1-6-14-22/h1-20H,21H2. The van der Waals surface area contributed by atoms with E-state index in [1.165, 1.54) is 18.6 Å². The van der Waals surface area contributed by atoms with E-state index < -0.39 is 9.10 Å². The fourth-order valence-corrected chi connectivity index (χ4v) is 20.8. The first kappa shape index (κ1) is 18.5. The van der Waals surface area contributed by atoms with Crippen LogP contribution in [0.2, 0.25) is 0 Å². The maximum absolute atomic E-state index is 3.44. The molecule has 0 N–H and O–H groups in total. The molecule has 0 aliphatic carbocycles. The molecule has 0 spiro atoms.